The predicted octanol–water partition coefficient (Wildman–Crippen LogP) is 2.59. The molecule has 2 atom stereocenters. The summed E-state index contributed by atoms with van der Waals surface area (Å²) >= 11 is 0. The molecule has 27 heavy (non-hydrogen) atoms. The molecule has 0 N–H and O–H groups in total. The summed E-state index contributed by atoms with van der Waals surface area (Å²) in [6.45, 7) is 6.17. The van der Waals surface area contributed by atoms with Gasteiger partial charge in [-0.25, -0.2) is 9.79 Å². The first kappa shape index (κ1) is 17.3. The van der Waals surface area contributed by atoms with Crippen LogP contribution < -0.4 is 4.90 Å². The second-order valence-corrected chi connectivity index (χ2v) is 6.91. The third-order valence-corrected chi connectivity index (χ3v) is 5.43. The molecule has 3 heterocycles. The van der Waals surface area contributed by atoms with E-state index in [-0.39, 0.29) is 18.5 Å². The largest absolute Gasteiger partial charge is 0.328 e. The van der Waals surface area contributed by atoms with E-state index in [9.17, 15) is 9.59 Å². The van der Waals surface area contributed by atoms with Crippen LogP contribution in [0.2, 0.25) is 0 Å². The first-order valence-electron chi connectivity index (χ1n) is 9.06. The van der Waals surface area contributed by atoms with Crippen molar-refractivity contribution < 1.29 is 9.59 Å². The Kier molecular flexibility index (Phi) is 4.02. The molecule has 1 aromatic carbocycles. The summed E-state index contributed by atoms with van der Waals surface area (Å²) in [5.74, 6) is 0.495. The number of hydrogen-bond acceptors (Lipinski definition) is 5. The van der Waals surface area contributed by atoms with Gasteiger partial charge in [0, 0.05) is 30.7 Å². The van der Waals surface area contributed by atoms with E-state index in [1.807, 2.05) is 68.2 Å². The van der Waals surface area contributed by atoms with Crippen molar-refractivity contribution in [2.75, 3.05) is 18.5 Å². The van der Waals surface area contributed by atoms with Crippen molar-refractivity contribution in [3.8, 4) is 0 Å². The third kappa shape index (κ3) is 2.38. The Labute approximate surface area is 158 Å². The maximum atomic E-state index is 13.2. The highest BCUT2D eigenvalue weighted by molar-refractivity contribution is 6.10. The highest BCUT2D eigenvalue weighted by Crippen LogP contribution is 2.39. The van der Waals surface area contributed by atoms with Crippen molar-refractivity contribution in [2.45, 2.75) is 33.0 Å². The summed E-state index contributed by atoms with van der Waals surface area (Å²) < 4.78 is 0. The number of fused-ring (bicyclic) bond motifs is 3. The molecule has 0 bridgehead atoms. The van der Waals surface area contributed by atoms with Gasteiger partial charge in [-0.15, -0.1) is 0 Å². The fraction of sp³-hybridized carbons (Fsp3) is 0.350. The van der Waals surface area contributed by atoms with Gasteiger partial charge < -0.3 is 4.90 Å². The van der Waals surface area contributed by atoms with E-state index in [0.29, 0.717) is 5.96 Å². The monoisotopic (exact) mass is 365 g/mol. The minimum absolute atomic E-state index is 0.206. The Bertz CT molecular complexity index is 889. The van der Waals surface area contributed by atoms with Gasteiger partial charge in [0.25, 0.3) is 5.91 Å². The number of guanidine groups is 1. The average Bonchev–Trinajstić information content (AvgIpc) is 3.17. The van der Waals surface area contributed by atoms with Gasteiger partial charge in [-0.1, -0.05) is 30.4 Å². The molecule has 2 unspecified atom stereocenters. The summed E-state index contributed by atoms with van der Waals surface area (Å²) in [4.78, 5) is 37.6. The first-order chi connectivity index (χ1) is 13.0. The molecule has 0 radical (unpaired) electrons. The van der Waals surface area contributed by atoms with Crippen LogP contribution in [-0.2, 0) is 4.79 Å². The molecule has 0 aliphatic carbocycles. The second kappa shape index (κ2) is 6.26. The lowest BCUT2D eigenvalue weighted by Gasteiger charge is -2.40. The number of nitrogens with zero attached hydrogens (tertiary/aromatic N) is 5. The molecule has 3 aliphatic rings. The number of hydrogen-bond donors (Lipinski definition) is 0. The van der Waals surface area contributed by atoms with E-state index in [0.717, 1.165) is 17.1 Å². The molecule has 7 heteroatoms. The van der Waals surface area contributed by atoms with Crippen LogP contribution in [0.15, 0.2) is 58.9 Å². The quantitative estimate of drug-likeness (QED) is 0.773. The number of rotatable bonds is 3. The molecule has 1 fully saturated rings. The molecule has 0 spiro atoms. The lowest BCUT2D eigenvalue weighted by Crippen LogP contribution is -2.64. The lowest BCUT2D eigenvalue weighted by atomic mass is 10.1. The summed E-state index contributed by atoms with van der Waals surface area (Å²) in [5, 5.41) is 0. The Hall–Kier alpha value is -3.09. The van der Waals surface area contributed by atoms with Crippen molar-refractivity contribution in [2.24, 2.45) is 4.99 Å². The zero-order chi connectivity index (χ0) is 19.3. The predicted molar refractivity (Wildman–Crippen MR) is 104 cm³/mol. The van der Waals surface area contributed by atoms with Gasteiger partial charge in [0.15, 0.2) is 12.2 Å². The van der Waals surface area contributed by atoms with E-state index >= 15 is 0 Å². The number of carbonyl (C=O) groups is 2. The number of urea groups is 1. The number of para-hydroxylation sites is 1. The molecule has 140 valence electrons. The molecule has 0 aromatic heterocycles. The summed E-state index contributed by atoms with van der Waals surface area (Å²) in [6, 6.07) is 9.10. The number of anilines is 1. The van der Waals surface area contributed by atoms with Crippen molar-refractivity contribution >= 4 is 23.6 Å². The van der Waals surface area contributed by atoms with Crippen molar-refractivity contribution in [1.82, 2.24) is 14.7 Å². The van der Waals surface area contributed by atoms with E-state index in [4.69, 9.17) is 4.99 Å². The van der Waals surface area contributed by atoms with E-state index < -0.39 is 12.2 Å². The van der Waals surface area contributed by atoms with E-state index in [1.165, 1.54) is 4.90 Å². The summed E-state index contributed by atoms with van der Waals surface area (Å²) in [5.41, 5.74) is 3.00. The SMILES string of the molecule is C/C=C/CN1C(=O)C2C(N=C3N(c4ccccc4)C(C)=C(C)N32)N(C)C1=O. The van der Waals surface area contributed by atoms with Gasteiger partial charge in [-0.2, -0.15) is 0 Å². The Morgan fingerprint density at radius 1 is 1.11 bits per heavy atom. The lowest BCUT2D eigenvalue weighted by molar-refractivity contribution is -0.136. The number of aliphatic imine (C=N–C) groups is 1. The molecule has 1 saturated heterocycles. The molecular weight excluding hydrogens is 342 g/mol. The highest BCUT2D eigenvalue weighted by atomic mass is 16.2. The standard InChI is InChI=1S/C20H23N5O2/c1-5-6-12-23-18(26)16-17(22(4)20(23)27)21-19-24(13(2)14(3)25(16)19)15-10-8-7-9-11-15/h5-11,16-17H,12H2,1-4H3/b6-5+. The fourth-order valence-electron chi connectivity index (χ4n) is 3.88. The van der Waals surface area contributed by atoms with Crippen LogP contribution in [-0.4, -0.2) is 58.4 Å². The molecule has 7 nitrogen and oxygen atoms in total. The molecule has 1 aromatic rings. The normalized spacial score (nSPS) is 25.0. The maximum absolute atomic E-state index is 13.2. The van der Waals surface area contributed by atoms with Gasteiger partial charge in [-0.05, 0) is 32.9 Å². The third-order valence-electron chi connectivity index (χ3n) is 5.43. The van der Waals surface area contributed by atoms with Gasteiger partial charge in [-0.3, -0.25) is 19.5 Å². The molecule has 0 saturated carbocycles. The van der Waals surface area contributed by atoms with Crippen LogP contribution in [0.4, 0.5) is 10.5 Å². The average molecular weight is 365 g/mol. The smallest absolute Gasteiger partial charge is 0.302 e. The number of imide groups is 1. The van der Waals surface area contributed by atoms with Crippen LogP contribution in [0.3, 0.4) is 0 Å². The van der Waals surface area contributed by atoms with E-state index in [2.05, 4.69) is 4.90 Å². The van der Waals surface area contributed by atoms with Crippen LogP contribution in [0, 0.1) is 0 Å². The van der Waals surface area contributed by atoms with Gasteiger partial charge >= 0.3 is 6.03 Å². The Balaban J connectivity index is 1.76. The topological polar surface area (TPSA) is 59.5 Å². The second-order valence-electron chi connectivity index (χ2n) is 6.91. The zero-order valence-electron chi connectivity index (χ0n) is 16.0. The fourth-order valence-corrected chi connectivity index (χ4v) is 3.88. The molecule has 4 rings (SSSR count). The zero-order valence-corrected chi connectivity index (χ0v) is 16.0. The van der Waals surface area contributed by atoms with Gasteiger partial charge in [0.2, 0.25) is 5.96 Å². The molecule has 3 amide bonds. The van der Waals surface area contributed by atoms with Crippen LogP contribution >= 0.6 is 0 Å². The van der Waals surface area contributed by atoms with Crippen molar-refractivity contribution in [3.63, 3.8) is 0 Å². The molecular formula is C20H23N5O2. The number of allylic oxidation sites excluding steroid dienone is 3. The maximum Gasteiger partial charge on any atom is 0.328 e. The number of amides is 3. The number of carbonyl (C=O) groups excluding carboxylic acids is 2. The molecule has 3 aliphatic heterocycles. The minimum atomic E-state index is -0.531. The minimum Gasteiger partial charge on any atom is -0.302 e. The van der Waals surface area contributed by atoms with E-state index in [1.54, 1.807) is 11.9 Å². The number of benzene rings is 1. The van der Waals surface area contributed by atoms with Crippen LogP contribution in [0.5, 0.6) is 0 Å². The summed E-state index contributed by atoms with van der Waals surface area (Å²) in [6.07, 6.45) is 3.14. The van der Waals surface area contributed by atoms with Crippen molar-refractivity contribution in [1.29, 1.82) is 0 Å². The Morgan fingerprint density at radius 3 is 2.48 bits per heavy atom. The van der Waals surface area contributed by atoms with Crippen molar-refractivity contribution in [3.05, 3.63) is 53.9 Å². The number of likely N-dealkylation sites (N-methyl/N-ethyl adjacent to an activating group) is 1. The van der Waals surface area contributed by atoms with Gasteiger partial charge in [0.1, 0.15) is 0 Å². The first-order valence-corrected chi connectivity index (χ1v) is 9.06. The Morgan fingerprint density at radius 2 is 1.81 bits per heavy atom. The summed E-state index contributed by atoms with van der Waals surface area (Å²) in [7, 11) is 1.71. The highest BCUT2D eigenvalue weighted by Gasteiger charge is 2.55. The van der Waals surface area contributed by atoms with Gasteiger partial charge in [0.05, 0.1) is 0 Å². The van der Waals surface area contributed by atoms with Crippen LogP contribution in [0.25, 0.3) is 0 Å². The van der Waals surface area contributed by atoms with Crippen LogP contribution in [0.1, 0.15) is 20.8 Å².